The summed E-state index contributed by atoms with van der Waals surface area (Å²) in [5.74, 6) is 0.277. The van der Waals surface area contributed by atoms with E-state index >= 15 is 0 Å². The lowest BCUT2D eigenvalue weighted by Gasteiger charge is -1.90. The molecule has 0 bridgehead atoms. The van der Waals surface area contributed by atoms with Crippen LogP contribution in [0.15, 0.2) is 30.2 Å². The maximum Gasteiger partial charge on any atom is 0.0913 e. The fourth-order valence-electron chi connectivity index (χ4n) is 0.675. The summed E-state index contributed by atoms with van der Waals surface area (Å²) in [7, 11) is 0. The Morgan fingerprint density at radius 2 is 2.40 bits per heavy atom. The van der Waals surface area contributed by atoms with Gasteiger partial charge in [-0.2, -0.15) is 0 Å². The van der Waals surface area contributed by atoms with Crippen LogP contribution in [0.2, 0.25) is 0 Å². The van der Waals surface area contributed by atoms with Crippen molar-refractivity contribution in [2.75, 3.05) is 0 Å². The molecule has 2 nitrogen and oxygen atoms in total. The van der Waals surface area contributed by atoms with Crippen LogP contribution >= 0.6 is 0 Å². The summed E-state index contributed by atoms with van der Waals surface area (Å²) < 4.78 is 0. The highest BCUT2D eigenvalue weighted by Gasteiger charge is 1.85. The van der Waals surface area contributed by atoms with Gasteiger partial charge in [-0.25, -0.2) is 0 Å². The van der Waals surface area contributed by atoms with Crippen molar-refractivity contribution in [1.82, 2.24) is 4.98 Å². The number of nitrogens with zero attached hydrogens (tertiary/aromatic N) is 1. The molecule has 2 heteroatoms. The predicted molar refractivity (Wildman–Crippen MR) is 40.5 cm³/mol. The minimum atomic E-state index is 0.277. The third-order valence-corrected chi connectivity index (χ3v) is 1.04. The zero-order valence-corrected chi connectivity index (χ0v) is 5.78. The third-order valence-electron chi connectivity index (χ3n) is 1.04. The van der Waals surface area contributed by atoms with Crippen molar-refractivity contribution in [3.05, 3.63) is 35.8 Å². The van der Waals surface area contributed by atoms with Crippen LogP contribution in [0.5, 0.6) is 0 Å². The number of aliphatic hydroxyl groups is 1. The number of aromatic nitrogens is 1. The van der Waals surface area contributed by atoms with Gasteiger partial charge in [-0.05, 0) is 19.1 Å². The third kappa shape index (κ3) is 1.90. The summed E-state index contributed by atoms with van der Waals surface area (Å²) in [6, 6.07) is 5.55. The second-order valence-electron chi connectivity index (χ2n) is 2.04. The van der Waals surface area contributed by atoms with Gasteiger partial charge in [0.15, 0.2) is 0 Å². The number of aliphatic hydroxyl groups excluding tert-OH is 1. The van der Waals surface area contributed by atoms with E-state index in [-0.39, 0.29) is 5.76 Å². The zero-order chi connectivity index (χ0) is 7.40. The van der Waals surface area contributed by atoms with Crippen LogP contribution in [0.1, 0.15) is 12.6 Å². The summed E-state index contributed by atoms with van der Waals surface area (Å²) in [6.45, 7) is 1.62. The first kappa shape index (κ1) is 6.81. The summed E-state index contributed by atoms with van der Waals surface area (Å²) in [5, 5.41) is 8.83. The second kappa shape index (κ2) is 3.01. The van der Waals surface area contributed by atoms with Gasteiger partial charge in [0.2, 0.25) is 0 Å². The summed E-state index contributed by atoms with van der Waals surface area (Å²) in [4.78, 5) is 3.98. The van der Waals surface area contributed by atoms with Gasteiger partial charge in [0.25, 0.3) is 0 Å². The Bertz CT molecular complexity index is 224. The van der Waals surface area contributed by atoms with E-state index in [1.54, 1.807) is 19.2 Å². The molecule has 1 aromatic heterocycles. The lowest BCUT2D eigenvalue weighted by molar-refractivity contribution is 0.419. The fraction of sp³-hybridized carbons (Fsp3) is 0.125. The van der Waals surface area contributed by atoms with Crippen LogP contribution in [-0.2, 0) is 0 Å². The molecule has 0 unspecified atom stereocenters. The Morgan fingerprint density at radius 1 is 1.60 bits per heavy atom. The number of allylic oxidation sites excluding steroid dienone is 1. The van der Waals surface area contributed by atoms with Gasteiger partial charge in [0, 0.05) is 12.3 Å². The Hall–Kier alpha value is -1.31. The summed E-state index contributed by atoms with van der Waals surface area (Å²) in [6.07, 6.45) is 3.30. The molecule has 0 aromatic carbocycles. The number of hydrogen-bond acceptors (Lipinski definition) is 2. The molecule has 1 rings (SSSR count). The van der Waals surface area contributed by atoms with Gasteiger partial charge >= 0.3 is 0 Å². The maximum atomic E-state index is 8.83. The lowest BCUT2D eigenvalue weighted by Crippen LogP contribution is -1.78. The molecule has 1 N–H and O–H groups in total. The van der Waals surface area contributed by atoms with Crippen molar-refractivity contribution in [2.45, 2.75) is 6.92 Å². The van der Waals surface area contributed by atoms with Crippen molar-refractivity contribution >= 4 is 6.08 Å². The number of rotatable bonds is 1. The standard InChI is InChI=1S/C8H9NO/c1-7(10)6-8-4-2-3-5-9-8/h2-6,10H,1H3/b7-6-. The van der Waals surface area contributed by atoms with Crippen LogP contribution < -0.4 is 0 Å². The maximum absolute atomic E-state index is 8.83. The van der Waals surface area contributed by atoms with Gasteiger partial charge in [-0.15, -0.1) is 0 Å². The number of pyridine rings is 1. The van der Waals surface area contributed by atoms with E-state index in [1.165, 1.54) is 0 Å². The van der Waals surface area contributed by atoms with Crippen LogP contribution in [0.4, 0.5) is 0 Å². The topological polar surface area (TPSA) is 33.1 Å². The molecule has 0 fully saturated rings. The van der Waals surface area contributed by atoms with Crippen LogP contribution in [0.3, 0.4) is 0 Å². The van der Waals surface area contributed by atoms with Crippen LogP contribution in [-0.4, -0.2) is 10.1 Å². The molecule has 1 aromatic rings. The zero-order valence-electron chi connectivity index (χ0n) is 5.78. The molecule has 0 amide bonds. The van der Waals surface area contributed by atoms with Crippen molar-refractivity contribution in [2.24, 2.45) is 0 Å². The molecule has 0 aliphatic carbocycles. The van der Waals surface area contributed by atoms with E-state index in [2.05, 4.69) is 4.98 Å². The number of hydrogen-bond donors (Lipinski definition) is 1. The van der Waals surface area contributed by atoms with E-state index in [0.29, 0.717) is 0 Å². The normalized spacial score (nSPS) is 11.5. The quantitative estimate of drug-likeness (QED) is 0.597. The molecule has 0 saturated carbocycles. The van der Waals surface area contributed by atoms with E-state index in [0.717, 1.165) is 5.69 Å². The molecular weight excluding hydrogens is 126 g/mol. The van der Waals surface area contributed by atoms with Gasteiger partial charge in [0.1, 0.15) is 0 Å². The molecular formula is C8H9NO. The largest absolute Gasteiger partial charge is 0.513 e. The van der Waals surface area contributed by atoms with E-state index in [1.807, 2.05) is 18.2 Å². The molecule has 0 atom stereocenters. The average molecular weight is 135 g/mol. The monoisotopic (exact) mass is 135 g/mol. The SMILES string of the molecule is C/C(O)=C/c1ccccn1. The molecule has 0 aliphatic rings. The fourth-order valence-corrected chi connectivity index (χ4v) is 0.675. The Morgan fingerprint density at radius 3 is 2.90 bits per heavy atom. The van der Waals surface area contributed by atoms with Gasteiger partial charge in [0.05, 0.1) is 11.5 Å². The minimum Gasteiger partial charge on any atom is -0.513 e. The molecule has 1 heterocycles. The molecule has 0 spiro atoms. The molecule has 0 aliphatic heterocycles. The summed E-state index contributed by atoms with van der Waals surface area (Å²) in [5.41, 5.74) is 0.780. The molecule has 0 radical (unpaired) electrons. The van der Waals surface area contributed by atoms with Crippen LogP contribution in [0.25, 0.3) is 6.08 Å². The van der Waals surface area contributed by atoms with E-state index < -0.39 is 0 Å². The smallest absolute Gasteiger partial charge is 0.0913 e. The Balaban J connectivity index is 2.87. The average Bonchev–Trinajstić information content (AvgIpc) is 1.88. The first-order valence-corrected chi connectivity index (χ1v) is 3.07. The Kier molecular flexibility index (Phi) is 2.05. The van der Waals surface area contributed by atoms with E-state index in [9.17, 15) is 0 Å². The first-order valence-electron chi connectivity index (χ1n) is 3.07. The van der Waals surface area contributed by atoms with Crippen molar-refractivity contribution < 1.29 is 5.11 Å². The molecule has 10 heavy (non-hydrogen) atoms. The van der Waals surface area contributed by atoms with Crippen LogP contribution in [0, 0.1) is 0 Å². The molecule has 52 valence electrons. The predicted octanol–water partition coefficient (Wildman–Crippen LogP) is 2.00. The van der Waals surface area contributed by atoms with Crippen molar-refractivity contribution in [1.29, 1.82) is 0 Å². The lowest BCUT2D eigenvalue weighted by atomic mass is 10.3. The summed E-state index contributed by atoms with van der Waals surface area (Å²) >= 11 is 0. The van der Waals surface area contributed by atoms with Gasteiger partial charge in [-0.1, -0.05) is 6.07 Å². The van der Waals surface area contributed by atoms with E-state index in [4.69, 9.17) is 5.11 Å². The highest BCUT2D eigenvalue weighted by Crippen LogP contribution is 1.98. The van der Waals surface area contributed by atoms with Crippen molar-refractivity contribution in [3.63, 3.8) is 0 Å². The minimum absolute atomic E-state index is 0.277. The molecule has 0 saturated heterocycles. The highest BCUT2D eigenvalue weighted by atomic mass is 16.3. The first-order chi connectivity index (χ1) is 4.79. The van der Waals surface area contributed by atoms with Crippen molar-refractivity contribution in [3.8, 4) is 0 Å². The highest BCUT2D eigenvalue weighted by molar-refractivity contribution is 5.45. The van der Waals surface area contributed by atoms with Gasteiger partial charge < -0.3 is 5.11 Å². The Labute approximate surface area is 59.9 Å². The second-order valence-corrected chi connectivity index (χ2v) is 2.04. The van der Waals surface area contributed by atoms with Gasteiger partial charge in [-0.3, -0.25) is 4.98 Å².